The Kier molecular flexibility index (Phi) is 4.02. The summed E-state index contributed by atoms with van der Waals surface area (Å²) in [6.07, 6.45) is 3.16. The van der Waals surface area contributed by atoms with E-state index in [1.165, 1.54) is 12.1 Å². The number of hydrogen-bond donors (Lipinski definition) is 1. The molecule has 0 fully saturated rings. The van der Waals surface area contributed by atoms with Crippen LogP contribution in [-0.4, -0.2) is 16.5 Å². The molecule has 98 valence electrons. The lowest BCUT2D eigenvalue weighted by atomic mass is 10.1. The molecule has 5 nitrogen and oxygen atoms in total. The Morgan fingerprint density at radius 1 is 1.21 bits per heavy atom. The number of nitrogens with zero attached hydrogens (tertiary/aromatic N) is 2. The Hall–Kier alpha value is -2.50. The van der Waals surface area contributed by atoms with E-state index in [-0.39, 0.29) is 17.3 Å². The fraction of sp³-hybridized carbons (Fsp3) is 0.154. The molecule has 0 spiro atoms. The van der Waals surface area contributed by atoms with E-state index in [1.54, 1.807) is 36.7 Å². The fourth-order valence-electron chi connectivity index (χ4n) is 1.73. The Labute approximate surface area is 109 Å². The van der Waals surface area contributed by atoms with Gasteiger partial charge in [0.2, 0.25) is 6.54 Å². The minimum atomic E-state index is -0.483. The normalized spacial score (nSPS) is 11.8. The molecular formula is C13H12FN3O2. The molecule has 0 aliphatic heterocycles. The van der Waals surface area contributed by atoms with E-state index in [0.717, 1.165) is 5.56 Å². The zero-order chi connectivity index (χ0) is 13.7. The Balaban J connectivity index is 2.19. The van der Waals surface area contributed by atoms with Gasteiger partial charge in [-0.3, -0.25) is 15.1 Å². The first kappa shape index (κ1) is 12.9. The molecule has 0 bridgehead atoms. The van der Waals surface area contributed by atoms with Crippen molar-refractivity contribution in [2.24, 2.45) is 0 Å². The van der Waals surface area contributed by atoms with Gasteiger partial charge in [0, 0.05) is 23.0 Å². The molecular weight excluding hydrogens is 249 g/mol. The van der Waals surface area contributed by atoms with Crippen molar-refractivity contribution in [1.29, 1.82) is 0 Å². The van der Waals surface area contributed by atoms with Crippen LogP contribution in [0.2, 0.25) is 0 Å². The Bertz CT molecular complexity index is 546. The summed E-state index contributed by atoms with van der Waals surface area (Å²) in [6.45, 7) is -0.263. The number of pyridine rings is 1. The van der Waals surface area contributed by atoms with Crippen molar-refractivity contribution in [3.63, 3.8) is 0 Å². The summed E-state index contributed by atoms with van der Waals surface area (Å²) in [4.78, 5) is 14.2. The van der Waals surface area contributed by atoms with Gasteiger partial charge in [-0.15, -0.1) is 0 Å². The maximum atomic E-state index is 12.8. The highest BCUT2D eigenvalue weighted by Gasteiger charge is 2.17. The lowest BCUT2D eigenvalue weighted by Gasteiger charge is -2.16. The number of nitro groups is 1. The predicted octanol–water partition coefficient (Wildman–Crippen LogP) is 2.65. The molecule has 2 rings (SSSR count). The van der Waals surface area contributed by atoms with E-state index in [9.17, 15) is 14.5 Å². The molecule has 0 radical (unpaired) electrons. The molecule has 1 atom stereocenters. The molecule has 1 unspecified atom stereocenters. The molecule has 0 aliphatic rings. The highest BCUT2D eigenvalue weighted by atomic mass is 19.1. The molecule has 0 saturated heterocycles. The number of halogens is 1. The first-order chi connectivity index (χ1) is 9.15. The van der Waals surface area contributed by atoms with E-state index in [1.807, 2.05) is 0 Å². The first-order valence-corrected chi connectivity index (χ1v) is 5.69. The van der Waals surface area contributed by atoms with Crippen LogP contribution in [0.25, 0.3) is 0 Å². The molecule has 2 aromatic rings. The van der Waals surface area contributed by atoms with Crippen molar-refractivity contribution in [3.05, 3.63) is 70.3 Å². The van der Waals surface area contributed by atoms with Gasteiger partial charge in [-0.25, -0.2) is 4.39 Å². The van der Waals surface area contributed by atoms with Gasteiger partial charge in [0.05, 0.1) is 0 Å². The maximum absolute atomic E-state index is 12.8. The van der Waals surface area contributed by atoms with Gasteiger partial charge >= 0.3 is 0 Å². The topological polar surface area (TPSA) is 68.1 Å². The summed E-state index contributed by atoms with van der Waals surface area (Å²) >= 11 is 0. The largest absolute Gasteiger partial charge is 0.372 e. The van der Waals surface area contributed by atoms with Gasteiger partial charge < -0.3 is 5.32 Å². The molecule has 1 aromatic heterocycles. The second kappa shape index (κ2) is 5.90. The van der Waals surface area contributed by atoms with Crippen molar-refractivity contribution in [1.82, 2.24) is 4.98 Å². The minimum Gasteiger partial charge on any atom is -0.372 e. The summed E-state index contributed by atoms with van der Waals surface area (Å²) in [6, 6.07) is 8.64. The Morgan fingerprint density at radius 2 is 1.84 bits per heavy atom. The molecule has 0 aliphatic carbocycles. The number of aromatic nitrogens is 1. The van der Waals surface area contributed by atoms with Crippen LogP contribution >= 0.6 is 0 Å². The molecule has 19 heavy (non-hydrogen) atoms. The SMILES string of the molecule is O=[N+]([O-])CC(Nc1ccc(F)cc1)c1ccncc1. The lowest BCUT2D eigenvalue weighted by Crippen LogP contribution is -2.20. The molecule has 1 heterocycles. The Morgan fingerprint density at radius 3 is 2.42 bits per heavy atom. The quantitative estimate of drug-likeness (QED) is 0.663. The van der Waals surface area contributed by atoms with Gasteiger partial charge in [0.15, 0.2) is 0 Å². The van der Waals surface area contributed by atoms with Crippen molar-refractivity contribution >= 4 is 5.69 Å². The second-order valence-corrected chi connectivity index (χ2v) is 4.00. The summed E-state index contributed by atoms with van der Waals surface area (Å²) in [7, 11) is 0. The van der Waals surface area contributed by atoms with Crippen molar-refractivity contribution in [3.8, 4) is 0 Å². The van der Waals surface area contributed by atoms with Crippen LogP contribution < -0.4 is 5.32 Å². The van der Waals surface area contributed by atoms with Crippen LogP contribution in [0.4, 0.5) is 10.1 Å². The zero-order valence-electron chi connectivity index (χ0n) is 9.99. The van der Waals surface area contributed by atoms with Crippen LogP contribution in [0.3, 0.4) is 0 Å². The van der Waals surface area contributed by atoms with Crippen LogP contribution in [0, 0.1) is 15.9 Å². The summed E-state index contributed by atoms with van der Waals surface area (Å²) < 4.78 is 12.8. The monoisotopic (exact) mass is 261 g/mol. The van der Waals surface area contributed by atoms with Crippen LogP contribution in [-0.2, 0) is 0 Å². The molecule has 1 aromatic carbocycles. The average Bonchev–Trinajstić information content (AvgIpc) is 2.41. The summed E-state index contributed by atoms with van der Waals surface area (Å²) in [5, 5.41) is 13.7. The zero-order valence-corrected chi connectivity index (χ0v) is 9.99. The van der Waals surface area contributed by atoms with E-state index in [2.05, 4.69) is 10.3 Å². The second-order valence-electron chi connectivity index (χ2n) is 4.00. The van der Waals surface area contributed by atoms with Crippen molar-refractivity contribution in [2.45, 2.75) is 6.04 Å². The van der Waals surface area contributed by atoms with E-state index in [0.29, 0.717) is 5.69 Å². The number of rotatable bonds is 5. The van der Waals surface area contributed by atoms with Gasteiger partial charge in [-0.05, 0) is 42.0 Å². The summed E-state index contributed by atoms with van der Waals surface area (Å²) in [5.41, 5.74) is 1.39. The predicted molar refractivity (Wildman–Crippen MR) is 68.9 cm³/mol. The van der Waals surface area contributed by atoms with Gasteiger partial charge in [-0.1, -0.05) is 0 Å². The van der Waals surface area contributed by atoms with Crippen molar-refractivity contribution < 1.29 is 9.31 Å². The molecule has 0 saturated carbocycles. The first-order valence-electron chi connectivity index (χ1n) is 5.69. The van der Waals surface area contributed by atoms with Crippen LogP contribution in [0.5, 0.6) is 0 Å². The number of benzene rings is 1. The smallest absolute Gasteiger partial charge is 0.227 e. The van der Waals surface area contributed by atoms with Gasteiger partial charge in [-0.2, -0.15) is 0 Å². The number of anilines is 1. The number of nitrogens with one attached hydrogen (secondary N) is 1. The maximum Gasteiger partial charge on any atom is 0.227 e. The highest BCUT2D eigenvalue weighted by Crippen LogP contribution is 2.19. The van der Waals surface area contributed by atoms with E-state index < -0.39 is 6.04 Å². The summed E-state index contributed by atoms with van der Waals surface area (Å²) in [5.74, 6) is -0.347. The van der Waals surface area contributed by atoms with E-state index in [4.69, 9.17) is 0 Å². The highest BCUT2D eigenvalue weighted by molar-refractivity contribution is 5.45. The standard InChI is InChI=1S/C13H12FN3O2/c14-11-1-3-12(4-2-11)16-13(9-17(18)19)10-5-7-15-8-6-10/h1-8,13,16H,9H2. The number of hydrogen-bond acceptors (Lipinski definition) is 4. The molecule has 6 heteroatoms. The van der Waals surface area contributed by atoms with Gasteiger partial charge in [0.25, 0.3) is 0 Å². The van der Waals surface area contributed by atoms with E-state index >= 15 is 0 Å². The van der Waals surface area contributed by atoms with Gasteiger partial charge in [0.1, 0.15) is 11.9 Å². The molecule has 1 N–H and O–H groups in total. The van der Waals surface area contributed by atoms with Crippen molar-refractivity contribution in [2.75, 3.05) is 11.9 Å². The average molecular weight is 261 g/mol. The molecule has 0 amide bonds. The third-order valence-electron chi connectivity index (χ3n) is 2.63. The van der Waals surface area contributed by atoms with Crippen LogP contribution in [0.15, 0.2) is 48.8 Å². The third kappa shape index (κ3) is 3.74. The third-order valence-corrected chi connectivity index (χ3v) is 2.63. The minimum absolute atomic E-state index is 0.263. The lowest BCUT2D eigenvalue weighted by molar-refractivity contribution is -0.482. The fourth-order valence-corrected chi connectivity index (χ4v) is 1.73. The van der Waals surface area contributed by atoms with Crippen LogP contribution in [0.1, 0.15) is 11.6 Å².